The van der Waals surface area contributed by atoms with E-state index in [1.165, 1.54) is 58.0 Å². The van der Waals surface area contributed by atoms with Crippen LogP contribution in [0.3, 0.4) is 0 Å². The number of nitrogens with two attached hydrogens (primary N) is 1. The van der Waals surface area contributed by atoms with Gasteiger partial charge in [0, 0.05) is 25.7 Å². The van der Waals surface area contributed by atoms with Crippen LogP contribution < -0.4 is 5.73 Å². The molecule has 112 valence electrons. The number of rotatable bonds is 6. The van der Waals surface area contributed by atoms with Crippen molar-refractivity contribution in [3.05, 3.63) is 0 Å². The van der Waals surface area contributed by atoms with Crippen LogP contribution in [-0.2, 0) is 4.74 Å². The van der Waals surface area contributed by atoms with Crippen LogP contribution >= 0.6 is 0 Å². The van der Waals surface area contributed by atoms with E-state index in [0.29, 0.717) is 5.54 Å². The van der Waals surface area contributed by atoms with Gasteiger partial charge in [-0.15, -0.1) is 0 Å². The van der Waals surface area contributed by atoms with Gasteiger partial charge in [-0.1, -0.05) is 19.8 Å². The van der Waals surface area contributed by atoms with Crippen LogP contribution in [-0.4, -0.2) is 43.8 Å². The van der Waals surface area contributed by atoms with Crippen LogP contribution in [0.1, 0.15) is 51.9 Å². The number of methoxy groups -OCH3 is 1. The van der Waals surface area contributed by atoms with Crippen molar-refractivity contribution < 1.29 is 4.74 Å². The molecule has 1 atom stereocenters. The lowest BCUT2D eigenvalue weighted by Crippen LogP contribution is -2.55. The minimum atomic E-state index is 0.312. The van der Waals surface area contributed by atoms with E-state index >= 15 is 0 Å². The molecule has 19 heavy (non-hydrogen) atoms. The first-order valence-corrected chi connectivity index (χ1v) is 8.18. The van der Waals surface area contributed by atoms with E-state index in [4.69, 9.17) is 10.5 Å². The highest BCUT2D eigenvalue weighted by Crippen LogP contribution is 2.39. The van der Waals surface area contributed by atoms with Gasteiger partial charge in [0.15, 0.2) is 0 Å². The Labute approximate surface area is 118 Å². The summed E-state index contributed by atoms with van der Waals surface area (Å²) in [5.74, 6) is 1.68. The fourth-order valence-corrected chi connectivity index (χ4v) is 4.20. The van der Waals surface area contributed by atoms with Gasteiger partial charge >= 0.3 is 0 Å². The van der Waals surface area contributed by atoms with Crippen molar-refractivity contribution in [2.24, 2.45) is 17.6 Å². The smallest absolute Gasteiger partial charge is 0.0503 e. The monoisotopic (exact) mass is 268 g/mol. The maximum absolute atomic E-state index is 6.18. The molecule has 1 aliphatic heterocycles. The van der Waals surface area contributed by atoms with E-state index < -0.39 is 0 Å². The van der Waals surface area contributed by atoms with Crippen molar-refractivity contribution in [1.82, 2.24) is 4.90 Å². The highest BCUT2D eigenvalue weighted by atomic mass is 16.5. The largest absolute Gasteiger partial charge is 0.384 e. The molecular formula is C16H32N2O. The molecule has 0 aromatic carbocycles. The van der Waals surface area contributed by atoms with Gasteiger partial charge in [0.1, 0.15) is 0 Å². The van der Waals surface area contributed by atoms with Crippen molar-refractivity contribution in [3.63, 3.8) is 0 Å². The van der Waals surface area contributed by atoms with Gasteiger partial charge in [-0.25, -0.2) is 0 Å². The van der Waals surface area contributed by atoms with E-state index in [1.54, 1.807) is 0 Å². The lowest BCUT2D eigenvalue weighted by molar-refractivity contribution is 0.0529. The molecule has 1 unspecified atom stereocenters. The predicted octanol–water partition coefficient (Wildman–Crippen LogP) is 2.64. The Balaban J connectivity index is 1.89. The Morgan fingerprint density at radius 1 is 1.21 bits per heavy atom. The van der Waals surface area contributed by atoms with Crippen molar-refractivity contribution >= 4 is 0 Å². The summed E-state index contributed by atoms with van der Waals surface area (Å²) in [5, 5.41) is 0. The molecule has 0 aromatic heterocycles. The van der Waals surface area contributed by atoms with Crippen molar-refractivity contribution in [2.75, 3.05) is 33.4 Å². The number of hydrogen-bond acceptors (Lipinski definition) is 3. The highest BCUT2D eigenvalue weighted by molar-refractivity contribution is 4.98. The summed E-state index contributed by atoms with van der Waals surface area (Å²) in [4.78, 5) is 2.69. The van der Waals surface area contributed by atoms with E-state index in [0.717, 1.165) is 25.0 Å². The number of ether oxygens (including phenoxy) is 1. The summed E-state index contributed by atoms with van der Waals surface area (Å²) >= 11 is 0. The third-order valence-electron chi connectivity index (χ3n) is 5.47. The Bertz CT molecular complexity index is 261. The van der Waals surface area contributed by atoms with Crippen molar-refractivity contribution in [1.29, 1.82) is 0 Å². The number of nitrogens with zero attached hydrogens (tertiary/aromatic N) is 1. The average Bonchev–Trinajstić information content (AvgIpc) is 2.90. The summed E-state index contributed by atoms with van der Waals surface area (Å²) in [6.45, 7) is 6.48. The zero-order valence-corrected chi connectivity index (χ0v) is 12.9. The summed E-state index contributed by atoms with van der Waals surface area (Å²) in [6.07, 6.45) is 9.43. The Morgan fingerprint density at radius 2 is 1.95 bits per heavy atom. The number of likely N-dealkylation sites (tertiary alicyclic amines) is 1. The fraction of sp³-hybridized carbons (Fsp3) is 1.00. The lowest BCUT2D eigenvalue weighted by atomic mass is 9.74. The van der Waals surface area contributed by atoms with Gasteiger partial charge in [0.25, 0.3) is 0 Å². The van der Waals surface area contributed by atoms with Crippen LogP contribution in [0.25, 0.3) is 0 Å². The van der Waals surface area contributed by atoms with Gasteiger partial charge in [-0.2, -0.15) is 0 Å². The quantitative estimate of drug-likeness (QED) is 0.805. The van der Waals surface area contributed by atoms with Crippen LogP contribution in [0.15, 0.2) is 0 Å². The van der Waals surface area contributed by atoms with Gasteiger partial charge in [-0.05, 0) is 50.5 Å². The molecule has 1 aliphatic carbocycles. The zero-order chi connectivity index (χ0) is 13.7. The molecule has 0 bridgehead atoms. The third-order valence-corrected chi connectivity index (χ3v) is 5.47. The number of hydrogen-bond donors (Lipinski definition) is 1. The molecule has 0 amide bonds. The maximum atomic E-state index is 6.18. The standard InChI is InChI=1S/C16H32N2O/c1-3-4-14-5-8-16(13-17,9-6-14)18-10-7-15(11-18)12-19-2/h14-15H,3-13,17H2,1-2H3. The average molecular weight is 268 g/mol. The molecule has 0 spiro atoms. The van der Waals surface area contributed by atoms with E-state index in [2.05, 4.69) is 11.8 Å². The maximum Gasteiger partial charge on any atom is 0.0503 e. The molecule has 2 aliphatic rings. The lowest BCUT2D eigenvalue weighted by Gasteiger charge is -2.46. The molecule has 0 radical (unpaired) electrons. The topological polar surface area (TPSA) is 38.5 Å². The first-order chi connectivity index (χ1) is 9.24. The Kier molecular flexibility index (Phi) is 5.67. The van der Waals surface area contributed by atoms with Gasteiger partial charge < -0.3 is 10.5 Å². The zero-order valence-electron chi connectivity index (χ0n) is 12.9. The van der Waals surface area contributed by atoms with Gasteiger partial charge in [0.05, 0.1) is 6.61 Å². The van der Waals surface area contributed by atoms with Gasteiger partial charge in [-0.3, -0.25) is 4.90 Å². The Morgan fingerprint density at radius 3 is 2.53 bits per heavy atom. The van der Waals surface area contributed by atoms with Crippen LogP contribution in [0.4, 0.5) is 0 Å². The second-order valence-electron chi connectivity index (χ2n) is 6.72. The molecule has 1 heterocycles. The molecule has 3 nitrogen and oxygen atoms in total. The predicted molar refractivity (Wildman–Crippen MR) is 80.2 cm³/mol. The van der Waals surface area contributed by atoms with E-state index in [-0.39, 0.29) is 0 Å². The third kappa shape index (κ3) is 3.50. The SMILES string of the molecule is CCCC1CCC(CN)(N2CCC(COC)C2)CC1. The first-order valence-electron chi connectivity index (χ1n) is 8.18. The first kappa shape index (κ1) is 15.3. The minimum absolute atomic E-state index is 0.312. The summed E-state index contributed by atoms with van der Waals surface area (Å²) < 4.78 is 5.32. The Hall–Kier alpha value is -0.120. The van der Waals surface area contributed by atoms with Crippen LogP contribution in [0, 0.1) is 11.8 Å². The summed E-state index contributed by atoms with van der Waals surface area (Å²) in [5.41, 5.74) is 6.50. The molecule has 1 saturated heterocycles. The fourth-order valence-electron chi connectivity index (χ4n) is 4.20. The van der Waals surface area contributed by atoms with Crippen LogP contribution in [0.5, 0.6) is 0 Å². The van der Waals surface area contributed by atoms with E-state index in [1.807, 2.05) is 7.11 Å². The molecule has 2 N–H and O–H groups in total. The second kappa shape index (κ2) is 7.05. The van der Waals surface area contributed by atoms with Gasteiger partial charge in [0.2, 0.25) is 0 Å². The summed E-state index contributed by atoms with van der Waals surface area (Å²) in [7, 11) is 1.82. The molecule has 1 saturated carbocycles. The summed E-state index contributed by atoms with van der Waals surface area (Å²) in [6, 6.07) is 0. The molecule has 0 aromatic rings. The molecule has 2 fully saturated rings. The van der Waals surface area contributed by atoms with Crippen LogP contribution in [0.2, 0.25) is 0 Å². The normalized spacial score (nSPS) is 36.8. The van der Waals surface area contributed by atoms with E-state index in [9.17, 15) is 0 Å². The second-order valence-corrected chi connectivity index (χ2v) is 6.72. The minimum Gasteiger partial charge on any atom is -0.384 e. The van der Waals surface area contributed by atoms with Crippen molar-refractivity contribution in [3.8, 4) is 0 Å². The molecule has 2 rings (SSSR count). The van der Waals surface area contributed by atoms with Crippen molar-refractivity contribution in [2.45, 2.75) is 57.4 Å². The molecular weight excluding hydrogens is 236 g/mol. The highest BCUT2D eigenvalue weighted by Gasteiger charge is 2.41. The molecule has 3 heteroatoms.